The van der Waals surface area contributed by atoms with E-state index in [0.29, 0.717) is 0 Å². The summed E-state index contributed by atoms with van der Waals surface area (Å²) in [5, 5.41) is 9.00. The van der Waals surface area contributed by atoms with Gasteiger partial charge >= 0.3 is 5.97 Å². The molecular formula is C13H16ClNO4S. The zero-order valence-corrected chi connectivity index (χ0v) is 12.5. The molecule has 0 aliphatic heterocycles. The Morgan fingerprint density at radius 1 is 1.50 bits per heavy atom. The summed E-state index contributed by atoms with van der Waals surface area (Å²) in [5.41, 5.74) is 0.859. The zero-order valence-electron chi connectivity index (χ0n) is 11.0. The maximum atomic E-state index is 12.3. The molecule has 0 spiro atoms. The first-order valence-corrected chi connectivity index (χ1v) is 8.16. The third kappa shape index (κ3) is 3.71. The highest BCUT2D eigenvalue weighted by Gasteiger charge is 2.36. The van der Waals surface area contributed by atoms with Crippen LogP contribution in [0.1, 0.15) is 24.8 Å². The summed E-state index contributed by atoms with van der Waals surface area (Å²) in [4.78, 5) is 10.8. The minimum atomic E-state index is -3.80. The van der Waals surface area contributed by atoms with Crippen LogP contribution in [0.25, 0.3) is 0 Å². The van der Waals surface area contributed by atoms with Crippen LogP contribution < -0.4 is 4.72 Å². The lowest BCUT2D eigenvalue weighted by Gasteiger charge is -2.17. The number of aliphatic carboxylic acids is 1. The van der Waals surface area contributed by atoms with Crippen molar-refractivity contribution >= 4 is 27.6 Å². The number of halogens is 1. The van der Waals surface area contributed by atoms with Gasteiger partial charge in [-0.05, 0) is 43.4 Å². The SMILES string of the molecule is Cc1ccc(S(=O)(=O)NC(CC(=O)O)C2CC2)c(Cl)c1. The number of benzene rings is 1. The van der Waals surface area contributed by atoms with Crippen molar-refractivity contribution in [2.45, 2.75) is 37.1 Å². The monoisotopic (exact) mass is 317 g/mol. The molecule has 2 rings (SSSR count). The second-order valence-electron chi connectivity index (χ2n) is 5.10. The van der Waals surface area contributed by atoms with Gasteiger partial charge in [0, 0.05) is 6.04 Å². The first-order chi connectivity index (χ1) is 9.29. The van der Waals surface area contributed by atoms with Crippen LogP contribution in [0, 0.1) is 12.8 Å². The third-order valence-electron chi connectivity index (χ3n) is 3.27. The third-order valence-corrected chi connectivity index (χ3v) is 5.24. The first kappa shape index (κ1) is 15.3. The van der Waals surface area contributed by atoms with Crippen molar-refractivity contribution in [3.8, 4) is 0 Å². The molecule has 0 heterocycles. The van der Waals surface area contributed by atoms with Crippen LogP contribution in [-0.4, -0.2) is 25.5 Å². The van der Waals surface area contributed by atoms with E-state index >= 15 is 0 Å². The van der Waals surface area contributed by atoms with Gasteiger partial charge in [0.2, 0.25) is 10.0 Å². The van der Waals surface area contributed by atoms with Gasteiger partial charge in [-0.3, -0.25) is 4.79 Å². The second-order valence-corrected chi connectivity index (χ2v) is 7.19. The van der Waals surface area contributed by atoms with Crippen molar-refractivity contribution in [1.82, 2.24) is 4.72 Å². The Labute approximate surface area is 123 Å². The highest BCUT2D eigenvalue weighted by molar-refractivity contribution is 7.89. The number of carbonyl (C=O) groups is 1. The molecule has 1 aromatic carbocycles. The maximum absolute atomic E-state index is 12.3. The van der Waals surface area contributed by atoms with Gasteiger partial charge in [0.05, 0.1) is 11.4 Å². The van der Waals surface area contributed by atoms with Gasteiger partial charge < -0.3 is 5.11 Å². The molecule has 1 aliphatic rings. The van der Waals surface area contributed by atoms with Gasteiger partial charge in [-0.25, -0.2) is 13.1 Å². The summed E-state index contributed by atoms with van der Waals surface area (Å²) in [6, 6.07) is 4.09. The fourth-order valence-electron chi connectivity index (χ4n) is 2.08. The van der Waals surface area contributed by atoms with Crippen LogP contribution in [0.3, 0.4) is 0 Å². The molecule has 1 fully saturated rings. The molecule has 7 heteroatoms. The van der Waals surface area contributed by atoms with E-state index in [1.807, 2.05) is 6.92 Å². The largest absolute Gasteiger partial charge is 0.481 e. The number of nitrogens with one attached hydrogen (secondary N) is 1. The Bertz CT molecular complexity index is 625. The van der Waals surface area contributed by atoms with Crippen LogP contribution in [0.5, 0.6) is 0 Å². The molecule has 1 atom stereocenters. The van der Waals surface area contributed by atoms with E-state index in [9.17, 15) is 13.2 Å². The van der Waals surface area contributed by atoms with E-state index in [1.165, 1.54) is 6.07 Å². The smallest absolute Gasteiger partial charge is 0.304 e. The highest BCUT2D eigenvalue weighted by atomic mass is 35.5. The average Bonchev–Trinajstić information content (AvgIpc) is 3.09. The lowest BCUT2D eigenvalue weighted by molar-refractivity contribution is -0.137. The van der Waals surface area contributed by atoms with Crippen LogP contribution in [0.2, 0.25) is 5.02 Å². The molecule has 2 N–H and O–H groups in total. The van der Waals surface area contributed by atoms with Crippen molar-refractivity contribution in [3.63, 3.8) is 0 Å². The first-order valence-electron chi connectivity index (χ1n) is 6.30. The quantitative estimate of drug-likeness (QED) is 0.842. The number of carboxylic acids is 1. The Morgan fingerprint density at radius 3 is 2.65 bits per heavy atom. The maximum Gasteiger partial charge on any atom is 0.304 e. The van der Waals surface area contributed by atoms with Crippen LogP contribution in [0.4, 0.5) is 0 Å². The summed E-state index contributed by atoms with van der Waals surface area (Å²) in [6.07, 6.45) is 1.48. The molecular weight excluding hydrogens is 302 g/mol. The Balaban J connectivity index is 2.22. The minimum absolute atomic E-state index is 0.0131. The molecule has 0 saturated heterocycles. The standard InChI is InChI=1S/C13H16ClNO4S/c1-8-2-5-12(10(14)6-8)20(18,19)15-11(7-13(16)17)9-3-4-9/h2,5-6,9,11,15H,3-4,7H2,1H3,(H,16,17). The minimum Gasteiger partial charge on any atom is -0.481 e. The number of hydrogen-bond acceptors (Lipinski definition) is 3. The second kappa shape index (κ2) is 5.71. The van der Waals surface area contributed by atoms with E-state index < -0.39 is 22.0 Å². The zero-order chi connectivity index (χ0) is 14.9. The number of carboxylic acid groups (broad SMARTS) is 1. The van der Waals surface area contributed by atoms with Gasteiger partial charge in [-0.1, -0.05) is 17.7 Å². The van der Waals surface area contributed by atoms with Crippen molar-refractivity contribution in [2.24, 2.45) is 5.92 Å². The Kier molecular flexibility index (Phi) is 4.36. The van der Waals surface area contributed by atoms with E-state index in [0.717, 1.165) is 18.4 Å². The van der Waals surface area contributed by atoms with Gasteiger partial charge in [0.15, 0.2) is 0 Å². The number of rotatable bonds is 6. The van der Waals surface area contributed by atoms with Gasteiger partial charge in [-0.2, -0.15) is 0 Å². The number of sulfonamides is 1. The molecule has 20 heavy (non-hydrogen) atoms. The van der Waals surface area contributed by atoms with Gasteiger partial charge in [0.1, 0.15) is 4.90 Å². The highest BCUT2D eigenvalue weighted by Crippen LogP contribution is 2.35. The van der Waals surface area contributed by atoms with Crippen LogP contribution in [0.15, 0.2) is 23.1 Å². The fourth-order valence-corrected chi connectivity index (χ4v) is 3.98. The van der Waals surface area contributed by atoms with Crippen LogP contribution >= 0.6 is 11.6 Å². The molecule has 0 radical (unpaired) electrons. The molecule has 1 aliphatic carbocycles. The van der Waals surface area contributed by atoms with Crippen molar-refractivity contribution in [3.05, 3.63) is 28.8 Å². The van der Waals surface area contributed by atoms with E-state index in [4.69, 9.17) is 16.7 Å². The molecule has 1 saturated carbocycles. The van der Waals surface area contributed by atoms with E-state index in [-0.39, 0.29) is 22.3 Å². The lowest BCUT2D eigenvalue weighted by Crippen LogP contribution is -2.38. The van der Waals surface area contributed by atoms with Crippen molar-refractivity contribution < 1.29 is 18.3 Å². The van der Waals surface area contributed by atoms with Gasteiger partial charge in [0.25, 0.3) is 0 Å². The van der Waals surface area contributed by atoms with E-state index in [2.05, 4.69) is 4.72 Å². The predicted octanol–water partition coefficient (Wildman–Crippen LogP) is 2.18. The summed E-state index contributed by atoms with van der Waals surface area (Å²) < 4.78 is 27.1. The fraction of sp³-hybridized carbons (Fsp3) is 0.462. The summed E-state index contributed by atoms with van der Waals surface area (Å²) >= 11 is 5.96. The number of aryl methyl sites for hydroxylation is 1. The summed E-state index contributed by atoms with van der Waals surface area (Å²) in [6.45, 7) is 1.81. The molecule has 0 aromatic heterocycles. The summed E-state index contributed by atoms with van der Waals surface area (Å²) in [7, 11) is -3.80. The molecule has 0 bridgehead atoms. The summed E-state index contributed by atoms with van der Waals surface area (Å²) in [5.74, 6) is -0.912. The predicted molar refractivity (Wildman–Crippen MR) is 75.3 cm³/mol. The van der Waals surface area contributed by atoms with E-state index in [1.54, 1.807) is 12.1 Å². The van der Waals surface area contributed by atoms with Gasteiger partial charge in [-0.15, -0.1) is 0 Å². The number of hydrogen-bond donors (Lipinski definition) is 2. The van der Waals surface area contributed by atoms with Crippen molar-refractivity contribution in [2.75, 3.05) is 0 Å². The normalized spacial score (nSPS) is 16.9. The molecule has 5 nitrogen and oxygen atoms in total. The molecule has 110 valence electrons. The average molecular weight is 318 g/mol. The molecule has 1 aromatic rings. The Hall–Kier alpha value is -1.11. The van der Waals surface area contributed by atoms with Crippen LogP contribution in [-0.2, 0) is 14.8 Å². The van der Waals surface area contributed by atoms with Crippen molar-refractivity contribution in [1.29, 1.82) is 0 Å². The molecule has 1 unspecified atom stereocenters. The Morgan fingerprint density at radius 2 is 2.15 bits per heavy atom. The topological polar surface area (TPSA) is 83.5 Å². The molecule has 0 amide bonds. The lowest BCUT2D eigenvalue weighted by atomic mass is 10.1.